The zero-order valence-corrected chi connectivity index (χ0v) is 12.0. The first kappa shape index (κ1) is 12.7. The number of nitrogens with zero attached hydrogens (tertiary/aromatic N) is 6. The maximum atomic E-state index is 9.24. The number of hydrazone groups is 1. The highest BCUT2D eigenvalue weighted by atomic mass is 16.5. The molecule has 4 rings (SSSR count). The van der Waals surface area contributed by atoms with Crippen molar-refractivity contribution in [2.45, 2.75) is 32.1 Å². The van der Waals surface area contributed by atoms with Crippen LogP contribution in [0, 0.1) is 0 Å². The first-order valence-electron chi connectivity index (χ1n) is 7.02. The fraction of sp³-hybridized carbons (Fsp3) is 0.538. The van der Waals surface area contributed by atoms with Crippen molar-refractivity contribution in [1.82, 2.24) is 14.5 Å². The molecule has 0 spiro atoms. The van der Waals surface area contributed by atoms with E-state index >= 15 is 0 Å². The van der Waals surface area contributed by atoms with Crippen molar-refractivity contribution in [2.24, 2.45) is 5.10 Å². The standard InChI is InChI=1S/C13H17N6O2/c1-8-16-17(2)12-11-13(15-6-14-12)19(7-18(8)11)10-4-3-9(5-20)21-10/h6-7,9-10,20H,3-5H2,1-2H3/q+1. The molecule has 110 valence electrons. The normalized spacial score (nSPS) is 24.7. The molecule has 2 aromatic heterocycles. The Bertz CT molecular complexity index is 740. The summed E-state index contributed by atoms with van der Waals surface area (Å²) in [5, 5.41) is 15.4. The summed E-state index contributed by atoms with van der Waals surface area (Å²) in [6, 6.07) is 0. The summed E-state index contributed by atoms with van der Waals surface area (Å²) in [6.07, 6.45) is 5.02. The van der Waals surface area contributed by atoms with E-state index in [9.17, 15) is 5.11 Å². The van der Waals surface area contributed by atoms with Crippen LogP contribution in [0.25, 0.3) is 11.2 Å². The molecule has 2 atom stereocenters. The molecule has 1 fully saturated rings. The average molecular weight is 289 g/mol. The van der Waals surface area contributed by atoms with Gasteiger partial charge in [0.25, 0.3) is 0 Å². The number of hydrogen-bond donors (Lipinski definition) is 1. The average Bonchev–Trinajstić information content (AvgIpc) is 3.09. The van der Waals surface area contributed by atoms with Gasteiger partial charge in [0.15, 0.2) is 30.5 Å². The monoisotopic (exact) mass is 289 g/mol. The number of hydrogen-bond acceptors (Lipinski definition) is 6. The maximum Gasteiger partial charge on any atom is 0.309 e. The van der Waals surface area contributed by atoms with Gasteiger partial charge < -0.3 is 9.84 Å². The summed E-state index contributed by atoms with van der Waals surface area (Å²) in [7, 11) is 1.87. The van der Waals surface area contributed by atoms with E-state index < -0.39 is 0 Å². The molecule has 2 aliphatic rings. The predicted molar refractivity (Wildman–Crippen MR) is 74.9 cm³/mol. The number of rotatable bonds is 2. The van der Waals surface area contributed by atoms with Gasteiger partial charge in [0, 0.05) is 20.4 Å². The lowest BCUT2D eigenvalue weighted by atomic mass is 10.2. The van der Waals surface area contributed by atoms with E-state index in [0.717, 1.165) is 35.7 Å². The molecule has 1 saturated heterocycles. The Morgan fingerprint density at radius 1 is 1.43 bits per heavy atom. The van der Waals surface area contributed by atoms with Gasteiger partial charge in [-0.15, -0.1) is 5.10 Å². The second-order valence-corrected chi connectivity index (χ2v) is 5.41. The van der Waals surface area contributed by atoms with Gasteiger partial charge in [0.2, 0.25) is 5.52 Å². The van der Waals surface area contributed by atoms with Gasteiger partial charge in [0.05, 0.1) is 12.7 Å². The lowest BCUT2D eigenvalue weighted by molar-refractivity contribution is -0.738. The summed E-state index contributed by atoms with van der Waals surface area (Å²) >= 11 is 0. The zero-order valence-electron chi connectivity index (χ0n) is 12.0. The quantitative estimate of drug-likeness (QED) is 0.788. The van der Waals surface area contributed by atoms with Crippen molar-refractivity contribution in [3.63, 3.8) is 0 Å². The molecule has 2 aromatic rings. The SMILES string of the molecule is CC1=NN(C)c2ncnc3c2n1c[n+]3C1CCC(CO)O1. The van der Waals surface area contributed by atoms with Crippen LogP contribution in [0.5, 0.6) is 0 Å². The Hall–Kier alpha value is -2.06. The van der Waals surface area contributed by atoms with Gasteiger partial charge in [-0.05, 0) is 6.42 Å². The third-order valence-electron chi connectivity index (χ3n) is 4.06. The minimum atomic E-state index is -0.107. The second kappa shape index (κ2) is 4.47. The molecule has 0 aromatic carbocycles. The summed E-state index contributed by atoms with van der Waals surface area (Å²) in [6.45, 7) is 2.00. The molecular weight excluding hydrogens is 272 g/mol. The fourth-order valence-corrected chi connectivity index (χ4v) is 3.03. The molecule has 0 aliphatic carbocycles. The van der Waals surface area contributed by atoms with E-state index in [1.807, 2.05) is 29.4 Å². The molecule has 8 nitrogen and oxygen atoms in total. The van der Waals surface area contributed by atoms with Gasteiger partial charge in [0.1, 0.15) is 0 Å². The molecule has 0 saturated carbocycles. The molecule has 4 heterocycles. The molecule has 8 heteroatoms. The van der Waals surface area contributed by atoms with Crippen LogP contribution in [0.4, 0.5) is 5.82 Å². The smallest absolute Gasteiger partial charge is 0.309 e. The van der Waals surface area contributed by atoms with E-state index in [1.165, 1.54) is 0 Å². The predicted octanol–water partition coefficient (Wildman–Crippen LogP) is 0.0200. The van der Waals surface area contributed by atoms with Gasteiger partial charge in [-0.3, -0.25) is 0 Å². The van der Waals surface area contributed by atoms with Gasteiger partial charge >= 0.3 is 5.65 Å². The van der Waals surface area contributed by atoms with Crippen LogP contribution in [0.15, 0.2) is 17.8 Å². The Morgan fingerprint density at radius 3 is 3.05 bits per heavy atom. The Labute approximate surface area is 121 Å². The molecule has 21 heavy (non-hydrogen) atoms. The Morgan fingerprint density at radius 2 is 2.29 bits per heavy atom. The molecule has 0 bridgehead atoms. The zero-order chi connectivity index (χ0) is 14.6. The molecule has 2 unspecified atom stereocenters. The van der Waals surface area contributed by atoms with E-state index in [1.54, 1.807) is 11.3 Å². The first-order valence-corrected chi connectivity index (χ1v) is 7.02. The third kappa shape index (κ3) is 1.76. The third-order valence-corrected chi connectivity index (χ3v) is 4.06. The number of imidazole rings is 1. The van der Waals surface area contributed by atoms with E-state index in [0.29, 0.717) is 0 Å². The highest BCUT2D eigenvalue weighted by Crippen LogP contribution is 2.29. The molecule has 0 amide bonds. The van der Waals surface area contributed by atoms with Crippen LogP contribution in [-0.4, -0.2) is 45.2 Å². The van der Waals surface area contributed by atoms with Gasteiger partial charge in [-0.1, -0.05) is 4.98 Å². The maximum absolute atomic E-state index is 9.24. The molecule has 2 aliphatic heterocycles. The first-order chi connectivity index (χ1) is 10.2. The van der Waals surface area contributed by atoms with Crippen molar-refractivity contribution in [3.8, 4) is 0 Å². The summed E-state index contributed by atoms with van der Waals surface area (Å²) < 4.78 is 9.87. The topological polar surface area (TPSA) is 79.7 Å². The highest BCUT2D eigenvalue weighted by Gasteiger charge is 2.35. The lowest BCUT2D eigenvalue weighted by Gasteiger charge is -2.16. The van der Waals surface area contributed by atoms with Crippen molar-refractivity contribution >= 4 is 22.8 Å². The van der Waals surface area contributed by atoms with E-state index in [-0.39, 0.29) is 18.9 Å². The molecule has 1 N–H and O–H groups in total. The lowest BCUT2D eigenvalue weighted by Crippen LogP contribution is -2.39. The van der Waals surface area contributed by atoms with Crippen LogP contribution in [-0.2, 0) is 4.74 Å². The van der Waals surface area contributed by atoms with Crippen LogP contribution < -0.4 is 9.58 Å². The summed E-state index contributed by atoms with van der Waals surface area (Å²) in [4.78, 5) is 8.73. The van der Waals surface area contributed by atoms with Crippen molar-refractivity contribution in [2.75, 3.05) is 18.7 Å². The Balaban J connectivity index is 1.88. The largest absolute Gasteiger partial charge is 0.394 e. The van der Waals surface area contributed by atoms with Crippen molar-refractivity contribution in [1.29, 1.82) is 0 Å². The van der Waals surface area contributed by atoms with Crippen LogP contribution in [0.2, 0.25) is 0 Å². The number of aliphatic hydroxyl groups is 1. The molecule has 0 radical (unpaired) electrons. The number of anilines is 1. The summed E-state index contributed by atoms with van der Waals surface area (Å²) in [5.41, 5.74) is 1.76. The van der Waals surface area contributed by atoms with Crippen LogP contribution >= 0.6 is 0 Å². The van der Waals surface area contributed by atoms with Crippen molar-refractivity contribution in [3.05, 3.63) is 12.7 Å². The second-order valence-electron chi connectivity index (χ2n) is 5.41. The van der Waals surface area contributed by atoms with E-state index in [2.05, 4.69) is 15.1 Å². The van der Waals surface area contributed by atoms with E-state index in [4.69, 9.17) is 4.74 Å². The number of aliphatic hydroxyl groups excluding tert-OH is 1. The number of aromatic nitrogens is 4. The molecular formula is C13H17N6O2+. The van der Waals surface area contributed by atoms with Gasteiger partial charge in [-0.25, -0.2) is 14.1 Å². The van der Waals surface area contributed by atoms with Gasteiger partial charge in [-0.2, -0.15) is 4.98 Å². The minimum absolute atomic E-state index is 0.0547. The summed E-state index contributed by atoms with van der Waals surface area (Å²) in [5.74, 6) is 1.64. The van der Waals surface area contributed by atoms with Crippen molar-refractivity contribution < 1.29 is 14.4 Å². The van der Waals surface area contributed by atoms with Crippen LogP contribution in [0.1, 0.15) is 26.0 Å². The number of ether oxygens (including phenoxy) is 1. The Kier molecular flexibility index (Phi) is 2.69. The van der Waals surface area contributed by atoms with Crippen LogP contribution in [0.3, 0.4) is 0 Å². The highest BCUT2D eigenvalue weighted by molar-refractivity contribution is 5.97. The minimum Gasteiger partial charge on any atom is -0.394 e. The fourth-order valence-electron chi connectivity index (χ4n) is 3.03.